The first-order valence-electron chi connectivity index (χ1n) is 11.8. The van der Waals surface area contributed by atoms with E-state index in [2.05, 4.69) is 10.3 Å². The highest BCUT2D eigenvalue weighted by Crippen LogP contribution is 2.36. The monoisotopic (exact) mass is 607 g/mol. The molecular formula is C28H22Cl2F3N3O3S. The van der Waals surface area contributed by atoms with Crippen LogP contribution in [0.15, 0.2) is 60.7 Å². The molecule has 40 heavy (non-hydrogen) atoms. The van der Waals surface area contributed by atoms with Gasteiger partial charge >= 0.3 is 6.18 Å². The lowest BCUT2D eigenvalue weighted by Crippen LogP contribution is -2.37. The maximum Gasteiger partial charge on any atom is 0.416 e. The predicted molar refractivity (Wildman–Crippen MR) is 152 cm³/mol. The Kier molecular flexibility index (Phi) is 9.02. The van der Waals surface area contributed by atoms with E-state index in [-0.39, 0.29) is 18.2 Å². The number of aryl methyl sites for hydroxylation is 1. The van der Waals surface area contributed by atoms with Crippen LogP contribution in [0.25, 0.3) is 16.3 Å². The number of fused-ring (bicyclic) bond motifs is 1. The van der Waals surface area contributed by atoms with E-state index < -0.39 is 23.6 Å². The number of aromatic nitrogens is 1. The molecule has 1 N–H and O–H groups in total. The van der Waals surface area contributed by atoms with Crippen molar-refractivity contribution in [3.63, 3.8) is 0 Å². The summed E-state index contributed by atoms with van der Waals surface area (Å²) in [4.78, 5) is 30.7. The van der Waals surface area contributed by atoms with Crippen molar-refractivity contribution in [2.75, 3.05) is 18.5 Å². The van der Waals surface area contributed by atoms with Gasteiger partial charge in [-0.05, 0) is 55.0 Å². The molecular weight excluding hydrogens is 586 g/mol. The first-order chi connectivity index (χ1) is 18.9. The van der Waals surface area contributed by atoms with Gasteiger partial charge < -0.3 is 15.0 Å². The van der Waals surface area contributed by atoms with E-state index in [1.165, 1.54) is 30.2 Å². The number of anilines is 1. The molecule has 0 aliphatic rings. The molecule has 0 bridgehead atoms. The molecule has 0 aliphatic carbocycles. The second-order valence-electron chi connectivity index (χ2n) is 8.61. The Morgan fingerprint density at radius 3 is 2.52 bits per heavy atom. The number of carbonyl (C=O) groups excluding carboxylic acids is 2. The molecule has 3 aromatic carbocycles. The summed E-state index contributed by atoms with van der Waals surface area (Å²) in [7, 11) is 1.51. The van der Waals surface area contributed by atoms with Crippen molar-refractivity contribution in [1.29, 1.82) is 0 Å². The van der Waals surface area contributed by atoms with Crippen molar-refractivity contribution in [2.45, 2.75) is 19.7 Å². The van der Waals surface area contributed by atoms with Gasteiger partial charge in [0.05, 0.1) is 32.5 Å². The minimum Gasteiger partial charge on any atom is -0.486 e. The van der Waals surface area contributed by atoms with Gasteiger partial charge in [-0.25, -0.2) is 4.98 Å². The predicted octanol–water partition coefficient (Wildman–Crippen LogP) is 7.30. The number of rotatable bonds is 8. The van der Waals surface area contributed by atoms with Crippen LogP contribution in [0.2, 0.25) is 10.0 Å². The summed E-state index contributed by atoms with van der Waals surface area (Å²) < 4.78 is 45.0. The molecule has 0 unspecified atom stereocenters. The molecule has 0 radical (unpaired) electrons. The van der Waals surface area contributed by atoms with Crippen molar-refractivity contribution in [3.8, 4) is 5.75 Å². The second kappa shape index (κ2) is 12.3. The molecule has 1 heterocycles. The van der Waals surface area contributed by atoms with Crippen LogP contribution in [0.1, 0.15) is 21.7 Å². The summed E-state index contributed by atoms with van der Waals surface area (Å²) in [5.74, 6) is -0.477. The molecule has 0 atom stereocenters. The van der Waals surface area contributed by atoms with Crippen LogP contribution in [0, 0.1) is 6.92 Å². The molecule has 208 valence electrons. The highest BCUT2D eigenvalue weighted by atomic mass is 35.5. The third-order valence-electron chi connectivity index (χ3n) is 5.84. The molecule has 0 fully saturated rings. The van der Waals surface area contributed by atoms with E-state index in [1.807, 2.05) is 19.1 Å². The van der Waals surface area contributed by atoms with Crippen LogP contribution in [-0.2, 0) is 22.4 Å². The van der Waals surface area contributed by atoms with Crippen molar-refractivity contribution < 1.29 is 27.5 Å². The number of hydrogen-bond donors (Lipinski definition) is 1. The van der Waals surface area contributed by atoms with Gasteiger partial charge in [-0.2, -0.15) is 13.2 Å². The van der Waals surface area contributed by atoms with E-state index in [4.69, 9.17) is 27.9 Å². The van der Waals surface area contributed by atoms with Crippen molar-refractivity contribution >= 4 is 68.3 Å². The van der Waals surface area contributed by atoms with Gasteiger partial charge in [0.1, 0.15) is 17.9 Å². The van der Waals surface area contributed by atoms with E-state index in [0.717, 1.165) is 33.4 Å². The lowest BCUT2D eigenvalue weighted by Gasteiger charge is -2.21. The van der Waals surface area contributed by atoms with Crippen LogP contribution < -0.4 is 15.0 Å². The quantitative estimate of drug-likeness (QED) is 0.213. The molecule has 4 rings (SSSR count). The topological polar surface area (TPSA) is 71.5 Å². The number of halogens is 5. The van der Waals surface area contributed by atoms with Crippen molar-refractivity contribution in [2.24, 2.45) is 0 Å². The number of likely N-dealkylation sites (N-methyl/N-ethyl adjacent to an activating group) is 1. The van der Waals surface area contributed by atoms with Gasteiger partial charge in [0.25, 0.3) is 0 Å². The molecule has 0 saturated carbocycles. The van der Waals surface area contributed by atoms with Gasteiger partial charge in [-0.3, -0.25) is 9.59 Å². The van der Waals surface area contributed by atoms with Crippen LogP contribution in [0.3, 0.4) is 0 Å². The number of carbonyl (C=O) groups is 2. The number of amides is 2. The Bertz CT molecular complexity index is 1590. The summed E-state index contributed by atoms with van der Waals surface area (Å²) in [6, 6.07) is 13.1. The third kappa shape index (κ3) is 6.93. The number of nitrogens with zero attached hydrogens (tertiary/aromatic N) is 2. The van der Waals surface area contributed by atoms with E-state index in [1.54, 1.807) is 29.5 Å². The van der Waals surface area contributed by atoms with Crippen LogP contribution >= 0.6 is 34.5 Å². The van der Waals surface area contributed by atoms with Gasteiger partial charge in [0.15, 0.2) is 0 Å². The Balaban J connectivity index is 1.38. The SMILES string of the molecule is Cc1nc2c(OCc3c(Cl)ccc(N(C)C(=O)CNC(=O)C=Cc4ccc(C(F)(F)F)cc4)c3Cl)cccc2s1. The van der Waals surface area contributed by atoms with Crippen LogP contribution in [0.5, 0.6) is 5.75 Å². The fourth-order valence-corrected chi connectivity index (χ4v) is 5.16. The average molecular weight is 608 g/mol. The maximum atomic E-state index is 12.8. The smallest absolute Gasteiger partial charge is 0.416 e. The summed E-state index contributed by atoms with van der Waals surface area (Å²) in [5, 5.41) is 3.94. The standard InChI is InChI=1S/C28H22Cl2F3N3O3S/c1-16-35-27-22(4-3-5-23(27)40-16)39-15-19-20(29)11-12-21(26(19)30)36(2)25(38)14-34-24(37)13-8-17-6-9-18(10-7-17)28(31,32)33/h3-13H,14-15H2,1-2H3,(H,34,37). The summed E-state index contributed by atoms with van der Waals surface area (Å²) in [6.07, 6.45) is -1.97. The summed E-state index contributed by atoms with van der Waals surface area (Å²) in [6.45, 7) is 1.61. The molecule has 0 spiro atoms. The van der Waals surface area contributed by atoms with Crippen LogP contribution in [0.4, 0.5) is 18.9 Å². The first kappa shape index (κ1) is 29.4. The first-order valence-corrected chi connectivity index (χ1v) is 13.4. The van der Waals surface area contributed by atoms with E-state index in [9.17, 15) is 22.8 Å². The zero-order valence-corrected chi connectivity index (χ0v) is 23.5. The largest absolute Gasteiger partial charge is 0.486 e. The molecule has 6 nitrogen and oxygen atoms in total. The normalized spacial score (nSPS) is 11.7. The van der Waals surface area contributed by atoms with Gasteiger partial charge in [-0.15, -0.1) is 11.3 Å². The molecule has 0 saturated heterocycles. The number of ether oxygens (including phenoxy) is 1. The van der Waals surface area contributed by atoms with E-state index >= 15 is 0 Å². The molecule has 12 heteroatoms. The van der Waals surface area contributed by atoms with Gasteiger partial charge in [0.2, 0.25) is 11.8 Å². The number of benzene rings is 3. The van der Waals surface area contributed by atoms with Crippen LogP contribution in [-0.4, -0.2) is 30.4 Å². The fourth-order valence-electron chi connectivity index (χ4n) is 3.71. The Morgan fingerprint density at radius 2 is 1.82 bits per heavy atom. The van der Waals surface area contributed by atoms with Gasteiger partial charge in [-0.1, -0.05) is 41.4 Å². The third-order valence-corrected chi connectivity index (χ3v) is 7.55. The maximum absolute atomic E-state index is 12.8. The lowest BCUT2D eigenvalue weighted by molar-refractivity contribution is -0.137. The number of hydrogen-bond acceptors (Lipinski definition) is 5. The fraction of sp³-hybridized carbons (Fsp3) is 0.179. The Hall–Kier alpha value is -3.60. The molecule has 0 aliphatic heterocycles. The van der Waals surface area contributed by atoms with E-state index in [0.29, 0.717) is 27.6 Å². The number of nitrogens with one attached hydrogen (secondary N) is 1. The number of alkyl halides is 3. The molecule has 4 aromatic rings. The zero-order valence-electron chi connectivity index (χ0n) is 21.2. The highest BCUT2D eigenvalue weighted by molar-refractivity contribution is 7.18. The molecule has 1 aromatic heterocycles. The average Bonchev–Trinajstić information content (AvgIpc) is 3.30. The zero-order chi connectivity index (χ0) is 29.0. The number of thiazole rings is 1. The minimum absolute atomic E-state index is 0.0364. The minimum atomic E-state index is -4.44. The van der Waals surface area contributed by atoms with Crippen molar-refractivity contribution in [3.05, 3.63) is 92.4 Å². The Morgan fingerprint density at radius 1 is 1.10 bits per heavy atom. The summed E-state index contributed by atoms with van der Waals surface area (Å²) >= 11 is 14.6. The Labute approximate surface area is 242 Å². The van der Waals surface area contributed by atoms with Gasteiger partial charge in [0, 0.05) is 23.7 Å². The molecule has 2 amide bonds. The van der Waals surface area contributed by atoms with Crippen molar-refractivity contribution in [1.82, 2.24) is 10.3 Å². The summed E-state index contributed by atoms with van der Waals surface area (Å²) in [5.41, 5.74) is 1.20. The number of para-hydroxylation sites is 1. The lowest BCUT2D eigenvalue weighted by atomic mass is 10.1. The highest BCUT2D eigenvalue weighted by Gasteiger charge is 2.29. The second-order valence-corrected chi connectivity index (χ2v) is 10.6.